The van der Waals surface area contributed by atoms with E-state index in [0.717, 1.165) is 12.2 Å². The summed E-state index contributed by atoms with van der Waals surface area (Å²) in [4.78, 5) is 22.7. The predicted octanol–water partition coefficient (Wildman–Crippen LogP) is 0.0414. The number of rotatable bonds is 8. The van der Waals surface area contributed by atoms with Crippen molar-refractivity contribution in [3.05, 3.63) is 12.2 Å². The maximum atomic E-state index is 11.3. The molecule has 0 aliphatic rings. The molecule has 0 atom stereocenters. The van der Waals surface area contributed by atoms with Crippen LogP contribution in [0.1, 0.15) is 0 Å². The molecule has 0 aromatic carbocycles. The molecule has 0 bridgehead atoms. The molecular formula is C14H28N2O4+2. The number of carbonyl (C=O) groups excluding carboxylic acids is 2. The van der Waals surface area contributed by atoms with Crippen molar-refractivity contribution in [2.24, 2.45) is 0 Å². The molecule has 0 unspecified atom stereocenters. The van der Waals surface area contributed by atoms with Crippen LogP contribution in [0.2, 0.25) is 0 Å². The summed E-state index contributed by atoms with van der Waals surface area (Å²) >= 11 is 0. The summed E-state index contributed by atoms with van der Waals surface area (Å²) in [6.07, 6.45) is 2.20. The van der Waals surface area contributed by atoms with E-state index < -0.39 is 11.9 Å². The molecule has 0 aliphatic heterocycles. The highest BCUT2D eigenvalue weighted by molar-refractivity contribution is 5.91. The molecule has 6 heteroatoms. The molecule has 6 nitrogen and oxygen atoms in total. The van der Waals surface area contributed by atoms with E-state index in [0.29, 0.717) is 35.3 Å². The Morgan fingerprint density at radius 2 is 1.05 bits per heavy atom. The monoisotopic (exact) mass is 288 g/mol. The highest BCUT2D eigenvalue weighted by Gasteiger charge is 2.09. The molecule has 0 N–H and O–H groups in total. The van der Waals surface area contributed by atoms with Gasteiger partial charge in [-0.1, -0.05) is 0 Å². The third-order valence-corrected chi connectivity index (χ3v) is 2.37. The fourth-order valence-corrected chi connectivity index (χ4v) is 1.07. The molecule has 0 amide bonds. The second-order valence-electron chi connectivity index (χ2n) is 6.70. The van der Waals surface area contributed by atoms with E-state index >= 15 is 0 Å². The molecule has 0 saturated heterocycles. The van der Waals surface area contributed by atoms with E-state index in [2.05, 4.69) is 0 Å². The van der Waals surface area contributed by atoms with Gasteiger partial charge in [0.25, 0.3) is 0 Å². The Morgan fingerprint density at radius 3 is 1.30 bits per heavy atom. The number of quaternary nitrogens is 2. The van der Waals surface area contributed by atoms with Crippen LogP contribution in [0, 0.1) is 0 Å². The fourth-order valence-electron chi connectivity index (χ4n) is 1.07. The normalized spacial score (nSPS) is 12.5. The third kappa shape index (κ3) is 13.0. The van der Waals surface area contributed by atoms with Gasteiger partial charge in [0.1, 0.15) is 26.3 Å². The highest BCUT2D eigenvalue weighted by Crippen LogP contribution is 1.93. The highest BCUT2D eigenvalue weighted by atomic mass is 16.5. The Morgan fingerprint density at radius 1 is 0.750 bits per heavy atom. The van der Waals surface area contributed by atoms with Crippen LogP contribution < -0.4 is 0 Å². The first-order valence-corrected chi connectivity index (χ1v) is 6.62. The molecule has 0 aromatic heterocycles. The molecule has 0 rings (SSSR count). The molecule has 0 heterocycles. The third-order valence-electron chi connectivity index (χ3n) is 2.37. The zero-order valence-corrected chi connectivity index (χ0v) is 13.5. The van der Waals surface area contributed by atoms with Crippen molar-refractivity contribution in [3.8, 4) is 0 Å². The Balaban J connectivity index is 3.86. The summed E-state index contributed by atoms with van der Waals surface area (Å²) in [6, 6.07) is 0. The fraction of sp³-hybridized carbons (Fsp3) is 0.714. The van der Waals surface area contributed by atoms with E-state index in [1.807, 2.05) is 42.3 Å². The van der Waals surface area contributed by atoms with Gasteiger partial charge >= 0.3 is 11.9 Å². The first-order chi connectivity index (χ1) is 8.99. The van der Waals surface area contributed by atoms with Crippen LogP contribution in [0.3, 0.4) is 0 Å². The molecule has 0 aromatic rings. The van der Waals surface area contributed by atoms with Gasteiger partial charge in [-0.15, -0.1) is 0 Å². The number of carbonyl (C=O) groups is 2. The number of ether oxygens (including phenoxy) is 2. The van der Waals surface area contributed by atoms with Crippen LogP contribution in [0.4, 0.5) is 0 Å². The van der Waals surface area contributed by atoms with E-state index in [9.17, 15) is 9.59 Å². The molecule has 20 heavy (non-hydrogen) atoms. The van der Waals surface area contributed by atoms with Crippen molar-refractivity contribution in [2.45, 2.75) is 0 Å². The van der Waals surface area contributed by atoms with Crippen molar-refractivity contribution < 1.29 is 28.0 Å². The van der Waals surface area contributed by atoms with Crippen LogP contribution in [-0.2, 0) is 19.1 Å². The molecule has 0 saturated carbocycles. The van der Waals surface area contributed by atoms with Crippen molar-refractivity contribution >= 4 is 11.9 Å². The predicted molar refractivity (Wildman–Crippen MR) is 76.9 cm³/mol. The summed E-state index contributed by atoms with van der Waals surface area (Å²) in [5.41, 5.74) is 0. The average Bonchev–Trinajstić information content (AvgIpc) is 2.22. The second kappa shape index (κ2) is 8.01. The lowest BCUT2D eigenvalue weighted by Gasteiger charge is -2.23. The molecular weight excluding hydrogens is 260 g/mol. The minimum absolute atomic E-state index is 0.323. The van der Waals surface area contributed by atoms with Crippen molar-refractivity contribution in [1.29, 1.82) is 0 Å². The largest absolute Gasteiger partial charge is 0.457 e. The quantitative estimate of drug-likeness (QED) is 0.359. The SMILES string of the molecule is C[N+](C)(C)CCOC(=O)/C=C/C(=O)OCC[N+](C)(C)C. The summed E-state index contributed by atoms with van der Waals surface area (Å²) in [7, 11) is 12.1. The van der Waals surface area contributed by atoms with Gasteiger partial charge in [0.15, 0.2) is 0 Å². The zero-order chi connectivity index (χ0) is 15.8. The number of likely N-dealkylation sites (N-methyl/N-ethyl adjacent to an activating group) is 2. The Hall–Kier alpha value is -1.40. The minimum Gasteiger partial charge on any atom is -0.457 e. The molecule has 0 aliphatic carbocycles. The van der Waals surface area contributed by atoms with Gasteiger partial charge < -0.3 is 18.4 Å². The van der Waals surface area contributed by atoms with Gasteiger partial charge in [-0.05, 0) is 0 Å². The second-order valence-corrected chi connectivity index (χ2v) is 6.70. The van der Waals surface area contributed by atoms with E-state index in [1.54, 1.807) is 0 Å². The number of esters is 2. The lowest BCUT2D eigenvalue weighted by molar-refractivity contribution is -0.870. The van der Waals surface area contributed by atoms with E-state index in [-0.39, 0.29) is 0 Å². The first-order valence-electron chi connectivity index (χ1n) is 6.62. The van der Waals surface area contributed by atoms with E-state index in [1.165, 1.54) is 0 Å². The topological polar surface area (TPSA) is 52.6 Å². The lowest BCUT2D eigenvalue weighted by Crippen LogP contribution is -2.38. The van der Waals surface area contributed by atoms with Crippen LogP contribution in [0.5, 0.6) is 0 Å². The van der Waals surface area contributed by atoms with Gasteiger partial charge in [-0.2, -0.15) is 0 Å². The zero-order valence-electron chi connectivity index (χ0n) is 13.5. The Labute approximate surface area is 121 Å². The van der Waals surface area contributed by atoms with Crippen molar-refractivity contribution in [3.63, 3.8) is 0 Å². The summed E-state index contributed by atoms with van der Waals surface area (Å²) < 4.78 is 11.4. The average molecular weight is 288 g/mol. The number of hydrogen-bond donors (Lipinski definition) is 0. The van der Waals surface area contributed by atoms with Gasteiger partial charge in [0, 0.05) is 12.2 Å². The lowest BCUT2D eigenvalue weighted by atomic mass is 10.5. The summed E-state index contributed by atoms with van der Waals surface area (Å²) in [5.74, 6) is -1.05. The maximum Gasteiger partial charge on any atom is 0.331 e. The summed E-state index contributed by atoms with van der Waals surface area (Å²) in [6.45, 7) is 2.08. The van der Waals surface area contributed by atoms with Crippen LogP contribution in [0.15, 0.2) is 12.2 Å². The summed E-state index contributed by atoms with van der Waals surface area (Å²) in [5, 5.41) is 0. The maximum absolute atomic E-state index is 11.3. The molecule has 0 spiro atoms. The smallest absolute Gasteiger partial charge is 0.331 e. The van der Waals surface area contributed by atoms with Gasteiger partial charge in [0.05, 0.1) is 42.3 Å². The van der Waals surface area contributed by atoms with Crippen LogP contribution in [-0.4, -0.2) is 89.5 Å². The minimum atomic E-state index is -0.526. The molecule has 0 fully saturated rings. The van der Waals surface area contributed by atoms with Crippen LogP contribution in [0.25, 0.3) is 0 Å². The van der Waals surface area contributed by atoms with Crippen molar-refractivity contribution in [1.82, 2.24) is 0 Å². The van der Waals surface area contributed by atoms with Gasteiger partial charge in [-0.25, -0.2) is 9.59 Å². The Kier molecular flexibility index (Phi) is 7.45. The number of hydrogen-bond acceptors (Lipinski definition) is 4. The molecule has 0 radical (unpaired) electrons. The number of nitrogens with zero attached hydrogens (tertiary/aromatic N) is 2. The van der Waals surface area contributed by atoms with E-state index in [4.69, 9.17) is 9.47 Å². The Bertz CT molecular complexity index is 317. The van der Waals surface area contributed by atoms with Crippen LogP contribution >= 0.6 is 0 Å². The van der Waals surface area contributed by atoms with Crippen molar-refractivity contribution in [2.75, 3.05) is 68.6 Å². The molecule has 116 valence electrons. The standard InChI is InChI=1S/C14H28N2O4/c1-15(2,3)9-11-19-13(17)7-8-14(18)20-12-10-16(4,5)6/h7-8H,9-12H2,1-6H3/q+2/b8-7+. The first kappa shape index (κ1) is 18.6. The van der Waals surface area contributed by atoms with Gasteiger partial charge in [0.2, 0.25) is 0 Å². The van der Waals surface area contributed by atoms with Gasteiger partial charge in [-0.3, -0.25) is 0 Å².